The van der Waals surface area contributed by atoms with Crippen LogP contribution in [-0.2, 0) is 31.7 Å². The molecule has 1 spiro atoms. The molecule has 1 saturated carbocycles. The summed E-state index contributed by atoms with van der Waals surface area (Å²) in [5.74, 6) is 0.545. The van der Waals surface area contributed by atoms with E-state index in [1.807, 2.05) is 41.0 Å². The fourth-order valence-corrected chi connectivity index (χ4v) is 6.16. The van der Waals surface area contributed by atoms with E-state index in [2.05, 4.69) is 10.3 Å². The molecule has 0 atom stereocenters. The molecule has 1 fully saturated rings. The normalized spacial score (nSPS) is 16.6. The Morgan fingerprint density at radius 1 is 1.07 bits per heavy atom. The Morgan fingerprint density at radius 3 is 2.46 bits per heavy atom. The maximum Gasteiger partial charge on any atom is 0.436 e. The van der Waals surface area contributed by atoms with Crippen LogP contribution in [0.4, 0.5) is 22.2 Å². The van der Waals surface area contributed by atoms with Crippen LogP contribution in [0.25, 0.3) is 11.0 Å². The van der Waals surface area contributed by atoms with Crippen molar-refractivity contribution in [3.05, 3.63) is 72.4 Å². The number of carbonyl (C=O) groups is 2. The van der Waals surface area contributed by atoms with E-state index in [0.29, 0.717) is 35.4 Å². The van der Waals surface area contributed by atoms with Crippen LogP contribution in [0.1, 0.15) is 37.7 Å². The molecule has 0 bridgehead atoms. The largest absolute Gasteiger partial charge is 0.443 e. The van der Waals surface area contributed by atoms with Crippen molar-refractivity contribution < 1.29 is 22.7 Å². The van der Waals surface area contributed by atoms with Gasteiger partial charge in [0.2, 0.25) is 16.0 Å². The Morgan fingerprint density at radius 2 is 1.78 bits per heavy atom. The number of rotatable bonds is 5. The molecule has 2 aliphatic rings. The van der Waals surface area contributed by atoms with Crippen LogP contribution in [0.15, 0.2) is 71.8 Å². The number of nitrogens with zero attached hydrogens (tertiary/aromatic N) is 5. The molecule has 0 saturated heterocycles. The van der Waals surface area contributed by atoms with Crippen LogP contribution >= 0.6 is 0 Å². The topological polar surface area (TPSA) is 153 Å². The summed E-state index contributed by atoms with van der Waals surface area (Å²) in [5, 5.41) is 11.6. The summed E-state index contributed by atoms with van der Waals surface area (Å²) in [4.78, 5) is 36.7. The lowest BCUT2D eigenvalue weighted by Crippen LogP contribution is -2.63. The summed E-state index contributed by atoms with van der Waals surface area (Å²) in [7, 11) is -2.16. The number of sulfonamides is 1. The third kappa shape index (κ3) is 4.76. The van der Waals surface area contributed by atoms with E-state index in [9.17, 15) is 18.0 Å². The van der Waals surface area contributed by atoms with Gasteiger partial charge in [-0.2, -0.15) is 4.98 Å². The smallest absolute Gasteiger partial charge is 0.436 e. The predicted molar refractivity (Wildman–Crippen MR) is 152 cm³/mol. The zero-order valence-corrected chi connectivity index (χ0v) is 23.2. The molecule has 212 valence electrons. The van der Waals surface area contributed by atoms with Crippen molar-refractivity contribution in [2.24, 2.45) is 5.14 Å². The third-order valence-electron chi connectivity index (χ3n) is 7.67. The Kier molecular flexibility index (Phi) is 6.62. The van der Waals surface area contributed by atoms with Crippen LogP contribution in [0, 0.1) is 0 Å². The van der Waals surface area contributed by atoms with Crippen molar-refractivity contribution in [1.29, 1.82) is 0 Å². The quantitative estimate of drug-likeness (QED) is 0.359. The standard InChI is InChI=1S/C28H29N7O5S/c1-33-23-16-20-17-30-26(31-21-10-12-22(13-11-21)41(29,38)39)32-24(20)34(23)28(14-6-3-7-15-28)25(36)35(33)27(37)40-18-19-8-4-2-5-9-19/h2,4-5,8-13,16-17H,3,6-7,14-15,18H2,1H3,(H2,29,38,39)(H,30,31,32). The number of primary sulfonamides is 1. The average Bonchev–Trinajstić information content (AvgIpc) is 3.36. The van der Waals surface area contributed by atoms with E-state index in [1.165, 1.54) is 17.1 Å². The maximum absolute atomic E-state index is 14.2. The number of anilines is 3. The summed E-state index contributed by atoms with van der Waals surface area (Å²) < 4.78 is 30.7. The first-order valence-corrected chi connectivity index (χ1v) is 14.8. The zero-order valence-electron chi connectivity index (χ0n) is 22.4. The van der Waals surface area contributed by atoms with Crippen LogP contribution < -0.4 is 15.5 Å². The fourth-order valence-electron chi connectivity index (χ4n) is 5.64. The zero-order chi connectivity index (χ0) is 28.8. The minimum Gasteiger partial charge on any atom is -0.443 e. The monoisotopic (exact) mass is 575 g/mol. The number of imide groups is 1. The number of benzene rings is 2. The number of fused-ring (bicyclic) bond motifs is 4. The highest BCUT2D eigenvalue weighted by Gasteiger charge is 2.53. The average molecular weight is 576 g/mol. The second-order valence-corrected chi connectivity index (χ2v) is 11.8. The second kappa shape index (κ2) is 10.2. The van der Waals surface area contributed by atoms with Gasteiger partial charge in [0.05, 0.1) is 4.90 Å². The summed E-state index contributed by atoms with van der Waals surface area (Å²) in [5.41, 5.74) is 0.938. The van der Waals surface area contributed by atoms with Gasteiger partial charge in [-0.1, -0.05) is 49.6 Å². The molecule has 2 amide bonds. The van der Waals surface area contributed by atoms with Crippen molar-refractivity contribution in [2.45, 2.75) is 49.1 Å². The molecule has 4 aromatic rings. The molecular weight excluding hydrogens is 546 g/mol. The fraction of sp³-hybridized carbons (Fsp3) is 0.286. The SMILES string of the molecule is CN1c2cc3cnc(Nc4ccc(S(N)(=O)=O)cc4)nc3n2C2(CCCCC2)C(=O)N1C(=O)OCc1ccccc1. The van der Waals surface area contributed by atoms with E-state index in [0.717, 1.165) is 29.8 Å². The molecule has 13 heteroatoms. The van der Waals surface area contributed by atoms with Crippen molar-refractivity contribution in [3.63, 3.8) is 0 Å². The molecule has 3 N–H and O–H groups in total. The van der Waals surface area contributed by atoms with E-state index in [-0.39, 0.29) is 23.4 Å². The molecular formula is C28H29N7O5S. The molecule has 0 radical (unpaired) electrons. The molecule has 0 unspecified atom stereocenters. The van der Waals surface area contributed by atoms with Gasteiger partial charge in [-0.15, -0.1) is 5.01 Å². The Labute approximate surface area is 236 Å². The van der Waals surface area contributed by atoms with Gasteiger partial charge in [0.1, 0.15) is 23.6 Å². The van der Waals surface area contributed by atoms with Gasteiger partial charge >= 0.3 is 6.09 Å². The van der Waals surface area contributed by atoms with E-state index in [1.54, 1.807) is 25.4 Å². The highest BCUT2D eigenvalue weighted by atomic mass is 32.2. The Hall–Kier alpha value is -4.49. The van der Waals surface area contributed by atoms with Crippen LogP contribution in [0.5, 0.6) is 0 Å². The number of nitrogens with two attached hydrogens (primary N) is 1. The van der Waals surface area contributed by atoms with Crippen LogP contribution in [-0.4, -0.2) is 47.0 Å². The van der Waals surface area contributed by atoms with Gasteiger partial charge in [-0.3, -0.25) is 14.4 Å². The first kappa shape index (κ1) is 26.7. The number of carbonyl (C=O) groups excluding carboxylic acids is 2. The minimum absolute atomic E-state index is 0.00674. The highest BCUT2D eigenvalue weighted by molar-refractivity contribution is 7.89. The lowest BCUT2D eigenvalue weighted by Gasteiger charge is -2.48. The number of nitrogens with one attached hydrogen (secondary N) is 1. The van der Waals surface area contributed by atoms with Gasteiger partial charge in [0, 0.05) is 24.3 Å². The van der Waals surface area contributed by atoms with Gasteiger partial charge in [-0.25, -0.2) is 23.3 Å². The molecule has 3 heterocycles. The van der Waals surface area contributed by atoms with Crippen LogP contribution in [0.3, 0.4) is 0 Å². The van der Waals surface area contributed by atoms with Crippen molar-refractivity contribution in [1.82, 2.24) is 19.5 Å². The van der Waals surface area contributed by atoms with Gasteiger partial charge in [0.15, 0.2) is 0 Å². The molecule has 12 nitrogen and oxygen atoms in total. The van der Waals surface area contributed by atoms with Gasteiger partial charge in [0.25, 0.3) is 5.91 Å². The summed E-state index contributed by atoms with van der Waals surface area (Å²) in [6, 6.07) is 17.1. The molecule has 1 aliphatic heterocycles. The summed E-state index contributed by atoms with van der Waals surface area (Å²) in [6.45, 7) is 0.0476. The predicted octanol–water partition coefficient (Wildman–Crippen LogP) is 4.01. The highest BCUT2D eigenvalue weighted by Crippen LogP contribution is 2.46. The number of amides is 2. The van der Waals surface area contributed by atoms with Crippen molar-refractivity contribution in [2.75, 3.05) is 17.4 Å². The Balaban J connectivity index is 1.36. The van der Waals surface area contributed by atoms with Gasteiger partial charge in [-0.05, 0) is 48.7 Å². The molecule has 41 heavy (non-hydrogen) atoms. The van der Waals surface area contributed by atoms with E-state index < -0.39 is 21.7 Å². The molecule has 2 aromatic carbocycles. The van der Waals surface area contributed by atoms with Crippen molar-refractivity contribution in [3.8, 4) is 0 Å². The van der Waals surface area contributed by atoms with Gasteiger partial charge < -0.3 is 10.1 Å². The number of hydrogen-bond acceptors (Lipinski definition) is 9. The minimum atomic E-state index is -3.81. The first-order chi connectivity index (χ1) is 19.7. The summed E-state index contributed by atoms with van der Waals surface area (Å²) >= 11 is 0. The number of hydrogen-bond donors (Lipinski definition) is 2. The van der Waals surface area contributed by atoms with E-state index >= 15 is 0 Å². The molecule has 6 rings (SSSR count). The lowest BCUT2D eigenvalue weighted by molar-refractivity contribution is -0.143. The first-order valence-electron chi connectivity index (χ1n) is 13.3. The molecule has 1 aliphatic carbocycles. The number of ether oxygens (including phenoxy) is 1. The number of hydrazine groups is 1. The number of aromatic nitrogens is 3. The third-order valence-corrected chi connectivity index (χ3v) is 8.60. The van der Waals surface area contributed by atoms with Crippen LogP contribution in [0.2, 0.25) is 0 Å². The van der Waals surface area contributed by atoms with Crippen molar-refractivity contribution >= 4 is 50.5 Å². The second-order valence-electron chi connectivity index (χ2n) is 10.3. The maximum atomic E-state index is 14.2. The van der Waals surface area contributed by atoms with E-state index in [4.69, 9.17) is 14.9 Å². The lowest BCUT2D eigenvalue weighted by atomic mass is 9.80. The summed E-state index contributed by atoms with van der Waals surface area (Å²) in [6.07, 6.45) is 4.68. The molecule has 2 aromatic heterocycles. The Bertz CT molecular complexity index is 1730.